The average molecular weight is 247 g/mol. The minimum absolute atomic E-state index is 0.000126. The summed E-state index contributed by atoms with van der Waals surface area (Å²) >= 11 is 0. The number of hydrogen-bond donors (Lipinski definition) is 0. The summed E-state index contributed by atoms with van der Waals surface area (Å²) in [6.45, 7) is 1.88. The predicted molar refractivity (Wildman–Crippen MR) is 66.5 cm³/mol. The molecule has 0 unspecified atom stereocenters. The second-order valence-corrected chi connectivity index (χ2v) is 4.06. The first-order chi connectivity index (χ1) is 8.61. The minimum atomic E-state index is -0.363. The Kier molecular flexibility index (Phi) is 3.46. The van der Waals surface area contributed by atoms with E-state index >= 15 is 0 Å². The molecule has 0 aliphatic carbocycles. The maximum Gasteiger partial charge on any atom is 0.170 e. The molecule has 0 saturated heterocycles. The molecule has 2 rings (SSSR count). The zero-order valence-electron chi connectivity index (χ0n) is 10.3. The Hall–Kier alpha value is -2.10. The van der Waals surface area contributed by atoms with Crippen molar-refractivity contribution in [3.63, 3.8) is 0 Å². The standard InChI is InChI=1S/C14H14FNO2/c1-10(17)11-6-7-16(8-11)9-12-4-3-5-13(18-2)14(12)15/h3-8H,9H2,1-2H3. The second-order valence-electron chi connectivity index (χ2n) is 4.06. The Balaban J connectivity index is 2.25. The predicted octanol–water partition coefficient (Wildman–Crippen LogP) is 2.89. The fourth-order valence-electron chi connectivity index (χ4n) is 1.78. The van der Waals surface area contributed by atoms with E-state index in [-0.39, 0.29) is 17.3 Å². The lowest BCUT2D eigenvalue weighted by atomic mass is 10.2. The van der Waals surface area contributed by atoms with Gasteiger partial charge in [0.1, 0.15) is 0 Å². The molecule has 4 heteroatoms. The van der Waals surface area contributed by atoms with Crippen LogP contribution in [0.4, 0.5) is 4.39 Å². The molecule has 0 aliphatic heterocycles. The molecule has 18 heavy (non-hydrogen) atoms. The molecular formula is C14H14FNO2. The SMILES string of the molecule is COc1cccc(Cn2ccc(C(C)=O)c2)c1F. The highest BCUT2D eigenvalue weighted by atomic mass is 19.1. The number of carbonyl (C=O) groups is 1. The van der Waals surface area contributed by atoms with Crippen LogP contribution in [0.1, 0.15) is 22.8 Å². The Morgan fingerprint density at radius 1 is 1.39 bits per heavy atom. The molecule has 0 N–H and O–H groups in total. The number of nitrogens with zero attached hydrogens (tertiary/aromatic N) is 1. The third-order valence-electron chi connectivity index (χ3n) is 2.77. The third kappa shape index (κ3) is 2.42. The van der Waals surface area contributed by atoms with Crippen molar-refractivity contribution in [3.05, 3.63) is 53.6 Å². The molecule has 1 aromatic heterocycles. The molecule has 3 nitrogen and oxygen atoms in total. The second kappa shape index (κ2) is 5.04. The number of carbonyl (C=O) groups excluding carboxylic acids is 1. The van der Waals surface area contributed by atoms with Crippen LogP contribution in [0, 0.1) is 5.82 Å². The van der Waals surface area contributed by atoms with Gasteiger partial charge in [-0.2, -0.15) is 0 Å². The number of rotatable bonds is 4. The summed E-state index contributed by atoms with van der Waals surface area (Å²) in [4.78, 5) is 11.2. The van der Waals surface area contributed by atoms with Gasteiger partial charge in [-0.3, -0.25) is 4.79 Å². The van der Waals surface area contributed by atoms with Crippen molar-refractivity contribution in [1.82, 2.24) is 4.57 Å². The van der Waals surface area contributed by atoms with Gasteiger partial charge in [0.2, 0.25) is 0 Å². The Morgan fingerprint density at radius 2 is 2.17 bits per heavy atom. The minimum Gasteiger partial charge on any atom is -0.494 e. The first kappa shape index (κ1) is 12.4. The fraction of sp³-hybridized carbons (Fsp3) is 0.214. The van der Waals surface area contributed by atoms with Gasteiger partial charge in [-0.05, 0) is 19.1 Å². The van der Waals surface area contributed by atoms with E-state index in [4.69, 9.17) is 4.74 Å². The maximum atomic E-state index is 13.9. The number of Topliss-reactive ketones (excluding diaryl/α,β-unsaturated/α-hetero) is 1. The summed E-state index contributed by atoms with van der Waals surface area (Å²) in [7, 11) is 1.44. The summed E-state index contributed by atoms with van der Waals surface area (Å²) in [6.07, 6.45) is 3.47. The highest BCUT2D eigenvalue weighted by Crippen LogP contribution is 2.20. The van der Waals surface area contributed by atoms with E-state index in [1.165, 1.54) is 14.0 Å². The van der Waals surface area contributed by atoms with Gasteiger partial charge in [-0.1, -0.05) is 12.1 Å². The summed E-state index contributed by atoms with van der Waals surface area (Å²) in [5, 5.41) is 0. The third-order valence-corrected chi connectivity index (χ3v) is 2.77. The first-order valence-electron chi connectivity index (χ1n) is 5.60. The van der Waals surface area contributed by atoms with Gasteiger partial charge >= 0.3 is 0 Å². The largest absolute Gasteiger partial charge is 0.494 e. The van der Waals surface area contributed by atoms with Crippen molar-refractivity contribution in [3.8, 4) is 5.75 Å². The molecule has 2 aromatic rings. The van der Waals surface area contributed by atoms with Crippen LogP contribution in [-0.4, -0.2) is 17.5 Å². The topological polar surface area (TPSA) is 31.2 Å². The van der Waals surface area contributed by atoms with Crippen LogP contribution in [0.25, 0.3) is 0 Å². The molecule has 1 heterocycles. The van der Waals surface area contributed by atoms with Gasteiger partial charge in [-0.15, -0.1) is 0 Å². The number of methoxy groups -OCH3 is 1. The van der Waals surface area contributed by atoms with E-state index in [1.807, 2.05) is 0 Å². The van der Waals surface area contributed by atoms with Gasteiger partial charge in [0, 0.05) is 23.5 Å². The Labute approximate surface area is 105 Å². The van der Waals surface area contributed by atoms with Gasteiger partial charge in [0.05, 0.1) is 13.7 Å². The highest BCUT2D eigenvalue weighted by Gasteiger charge is 2.09. The van der Waals surface area contributed by atoms with Gasteiger partial charge in [0.15, 0.2) is 17.3 Å². The smallest absolute Gasteiger partial charge is 0.170 e. The van der Waals surface area contributed by atoms with E-state index in [9.17, 15) is 9.18 Å². The number of ether oxygens (including phenoxy) is 1. The van der Waals surface area contributed by atoms with Crippen LogP contribution in [0.3, 0.4) is 0 Å². The molecule has 0 amide bonds. The molecule has 1 aromatic carbocycles. The number of aromatic nitrogens is 1. The Morgan fingerprint density at radius 3 is 2.78 bits per heavy atom. The monoisotopic (exact) mass is 247 g/mol. The zero-order valence-corrected chi connectivity index (χ0v) is 10.3. The van der Waals surface area contributed by atoms with E-state index in [1.54, 1.807) is 41.2 Å². The summed E-state index contributed by atoms with van der Waals surface area (Å²) < 4.78 is 20.6. The molecule has 0 bridgehead atoms. The van der Waals surface area contributed by atoms with Crippen molar-refractivity contribution >= 4 is 5.78 Å². The van der Waals surface area contributed by atoms with Crippen molar-refractivity contribution in [1.29, 1.82) is 0 Å². The van der Waals surface area contributed by atoms with Crippen molar-refractivity contribution in [2.45, 2.75) is 13.5 Å². The van der Waals surface area contributed by atoms with E-state index < -0.39 is 0 Å². The average Bonchev–Trinajstić information content (AvgIpc) is 2.80. The van der Waals surface area contributed by atoms with Gasteiger partial charge in [-0.25, -0.2) is 4.39 Å². The van der Waals surface area contributed by atoms with Gasteiger partial charge < -0.3 is 9.30 Å². The quantitative estimate of drug-likeness (QED) is 0.778. The number of hydrogen-bond acceptors (Lipinski definition) is 2. The van der Waals surface area contributed by atoms with Crippen LogP contribution < -0.4 is 4.74 Å². The molecule has 0 spiro atoms. The van der Waals surface area contributed by atoms with Crippen LogP contribution in [0.2, 0.25) is 0 Å². The molecule has 0 radical (unpaired) electrons. The summed E-state index contributed by atoms with van der Waals surface area (Å²) in [5.74, 6) is -0.135. The summed E-state index contributed by atoms with van der Waals surface area (Å²) in [5.41, 5.74) is 1.15. The van der Waals surface area contributed by atoms with E-state index in [0.717, 1.165) is 0 Å². The van der Waals surface area contributed by atoms with Crippen LogP contribution >= 0.6 is 0 Å². The van der Waals surface area contributed by atoms with Crippen molar-refractivity contribution in [2.75, 3.05) is 7.11 Å². The van der Waals surface area contributed by atoms with Gasteiger partial charge in [0.25, 0.3) is 0 Å². The normalized spacial score (nSPS) is 10.4. The number of ketones is 1. The molecular weight excluding hydrogens is 233 g/mol. The van der Waals surface area contributed by atoms with E-state index in [0.29, 0.717) is 17.7 Å². The first-order valence-corrected chi connectivity index (χ1v) is 5.60. The highest BCUT2D eigenvalue weighted by molar-refractivity contribution is 5.93. The lowest BCUT2D eigenvalue weighted by molar-refractivity contribution is 0.101. The lowest BCUT2D eigenvalue weighted by Gasteiger charge is -2.08. The van der Waals surface area contributed by atoms with Crippen LogP contribution in [0.5, 0.6) is 5.75 Å². The Bertz CT molecular complexity index is 575. The zero-order chi connectivity index (χ0) is 13.1. The lowest BCUT2D eigenvalue weighted by Crippen LogP contribution is -2.01. The van der Waals surface area contributed by atoms with Crippen LogP contribution in [-0.2, 0) is 6.54 Å². The fourth-order valence-corrected chi connectivity index (χ4v) is 1.78. The maximum absolute atomic E-state index is 13.9. The molecule has 94 valence electrons. The van der Waals surface area contributed by atoms with Crippen molar-refractivity contribution in [2.24, 2.45) is 0 Å². The van der Waals surface area contributed by atoms with Crippen LogP contribution in [0.15, 0.2) is 36.7 Å². The number of benzene rings is 1. The molecule has 0 saturated carbocycles. The molecule has 0 atom stereocenters. The number of halogens is 1. The van der Waals surface area contributed by atoms with Crippen molar-refractivity contribution < 1.29 is 13.9 Å². The van der Waals surface area contributed by atoms with E-state index in [2.05, 4.69) is 0 Å². The summed E-state index contributed by atoms with van der Waals surface area (Å²) in [6, 6.07) is 6.74. The molecule has 0 aliphatic rings. The molecule has 0 fully saturated rings.